The monoisotopic (exact) mass is 426 g/mol. The lowest BCUT2D eigenvalue weighted by Gasteiger charge is -2.15. The zero-order valence-electron chi connectivity index (χ0n) is 13.0. The van der Waals surface area contributed by atoms with Gasteiger partial charge in [-0.05, 0) is 27.7 Å². The minimum Gasteiger partial charge on any atom is -0.462 e. The first-order valence-electron chi connectivity index (χ1n) is 6.65. The third kappa shape index (κ3) is 5.77. The second kappa shape index (κ2) is 9.93. The van der Waals surface area contributed by atoms with Gasteiger partial charge in [0.15, 0.2) is 5.96 Å². The van der Waals surface area contributed by atoms with E-state index < -0.39 is 0 Å². The summed E-state index contributed by atoms with van der Waals surface area (Å²) in [6.45, 7) is 8.75. The molecular weight excluding hydrogens is 403 g/mol. The normalized spacial score (nSPS) is 12.3. The molecule has 120 valence electrons. The van der Waals surface area contributed by atoms with E-state index in [1.165, 1.54) is 11.3 Å². The van der Waals surface area contributed by atoms with Crippen LogP contribution in [0.5, 0.6) is 0 Å². The molecule has 0 aromatic carbocycles. The van der Waals surface area contributed by atoms with Gasteiger partial charge in [0.25, 0.3) is 0 Å². The van der Waals surface area contributed by atoms with Crippen LogP contribution >= 0.6 is 35.3 Å². The van der Waals surface area contributed by atoms with Crippen LogP contribution < -0.4 is 10.6 Å². The molecule has 0 saturated heterocycles. The Bertz CT molecular complexity index is 491. The zero-order chi connectivity index (χ0) is 15.1. The molecular formula is C13H23IN4O2S. The molecule has 0 amide bonds. The van der Waals surface area contributed by atoms with Crippen molar-refractivity contribution in [2.75, 3.05) is 20.2 Å². The molecule has 0 saturated carbocycles. The summed E-state index contributed by atoms with van der Waals surface area (Å²) in [5.41, 5.74) is 0.704. The number of hydrogen-bond donors (Lipinski definition) is 2. The summed E-state index contributed by atoms with van der Waals surface area (Å²) in [6, 6.07) is -0.0281. The zero-order valence-corrected chi connectivity index (χ0v) is 16.2. The van der Waals surface area contributed by atoms with Crippen LogP contribution in [0.4, 0.5) is 0 Å². The lowest BCUT2D eigenvalue weighted by Crippen LogP contribution is -2.38. The maximum absolute atomic E-state index is 11.8. The molecule has 1 aromatic rings. The van der Waals surface area contributed by atoms with E-state index in [1.54, 1.807) is 14.0 Å². The Labute approximate surface area is 146 Å². The van der Waals surface area contributed by atoms with Crippen molar-refractivity contribution in [3.05, 3.63) is 15.6 Å². The first kappa shape index (κ1) is 20.1. The van der Waals surface area contributed by atoms with Crippen LogP contribution in [0.15, 0.2) is 4.99 Å². The molecule has 0 bridgehead atoms. The van der Waals surface area contributed by atoms with Crippen LogP contribution in [0, 0.1) is 6.92 Å². The van der Waals surface area contributed by atoms with Gasteiger partial charge in [-0.3, -0.25) is 4.99 Å². The number of carbonyl (C=O) groups excluding carboxylic acids is 1. The van der Waals surface area contributed by atoms with Crippen LogP contribution in [0.2, 0.25) is 0 Å². The van der Waals surface area contributed by atoms with E-state index in [-0.39, 0.29) is 36.0 Å². The number of esters is 1. The molecule has 0 radical (unpaired) electrons. The third-order valence-electron chi connectivity index (χ3n) is 2.57. The van der Waals surface area contributed by atoms with Crippen molar-refractivity contribution in [1.82, 2.24) is 15.6 Å². The van der Waals surface area contributed by atoms with E-state index in [0.29, 0.717) is 23.1 Å². The number of aryl methyl sites for hydroxylation is 1. The maximum Gasteiger partial charge on any atom is 0.350 e. The molecule has 21 heavy (non-hydrogen) atoms. The van der Waals surface area contributed by atoms with Gasteiger partial charge in [0.2, 0.25) is 0 Å². The molecule has 1 rings (SSSR count). The Morgan fingerprint density at radius 1 is 1.48 bits per heavy atom. The number of carbonyl (C=O) groups is 1. The Balaban J connectivity index is 0.00000400. The number of thiazole rings is 1. The van der Waals surface area contributed by atoms with Crippen LogP contribution in [0.25, 0.3) is 0 Å². The molecule has 1 aromatic heterocycles. The smallest absolute Gasteiger partial charge is 0.350 e. The number of nitrogens with zero attached hydrogens (tertiary/aromatic N) is 2. The fourth-order valence-corrected chi connectivity index (χ4v) is 2.58. The molecule has 0 fully saturated rings. The van der Waals surface area contributed by atoms with E-state index in [4.69, 9.17) is 4.74 Å². The topological polar surface area (TPSA) is 75.6 Å². The quantitative estimate of drug-likeness (QED) is 0.328. The van der Waals surface area contributed by atoms with Crippen LogP contribution in [0.1, 0.15) is 47.2 Å². The number of hydrogen-bond acceptors (Lipinski definition) is 5. The van der Waals surface area contributed by atoms with E-state index >= 15 is 0 Å². The van der Waals surface area contributed by atoms with Crippen molar-refractivity contribution in [3.8, 4) is 0 Å². The number of aromatic nitrogens is 1. The van der Waals surface area contributed by atoms with E-state index in [0.717, 1.165) is 11.6 Å². The average Bonchev–Trinajstić information content (AvgIpc) is 2.80. The standard InChI is InChI=1S/C13H22N4O2S.HI/c1-6-15-13(14-5)17-9(4)11-16-8(3)10(20-11)12(18)19-7-2;/h9H,6-7H2,1-5H3,(H2,14,15,17);1H. The molecule has 2 N–H and O–H groups in total. The van der Waals surface area contributed by atoms with E-state index in [1.807, 2.05) is 20.8 Å². The Morgan fingerprint density at radius 3 is 2.67 bits per heavy atom. The Kier molecular flexibility index (Phi) is 9.51. The van der Waals surface area contributed by atoms with E-state index in [9.17, 15) is 4.79 Å². The summed E-state index contributed by atoms with van der Waals surface area (Å²) in [4.78, 5) is 20.9. The number of aliphatic imine (C=N–C) groups is 1. The van der Waals surface area contributed by atoms with E-state index in [2.05, 4.69) is 20.6 Å². The van der Waals surface area contributed by atoms with Crippen molar-refractivity contribution in [2.45, 2.75) is 33.7 Å². The molecule has 0 spiro atoms. The van der Waals surface area contributed by atoms with Gasteiger partial charge in [-0.1, -0.05) is 0 Å². The third-order valence-corrected chi connectivity index (χ3v) is 3.89. The second-order valence-corrected chi connectivity index (χ2v) is 5.19. The highest BCUT2D eigenvalue weighted by Gasteiger charge is 2.19. The lowest BCUT2D eigenvalue weighted by molar-refractivity contribution is 0.0531. The first-order valence-corrected chi connectivity index (χ1v) is 7.46. The minimum atomic E-state index is -0.308. The second-order valence-electron chi connectivity index (χ2n) is 4.16. The minimum absolute atomic E-state index is 0. The van der Waals surface area contributed by atoms with Gasteiger partial charge in [0, 0.05) is 13.6 Å². The SMILES string of the molecule is CCNC(=NC)NC(C)c1nc(C)c(C(=O)OCC)s1.I. The molecule has 8 heteroatoms. The highest BCUT2D eigenvalue weighted by atomic mass is 127. The predicted molar refractivity (Wildman–Crippen MR) is 96.8 cm³/mol. The summed E-state index contributed by atoms with van der Waals surface area (Å²) in [7, 11) is 1.72. The van der Waals surface area contributed by atoms with Gasteiger partial charge < -0.3 is 15.4 Å². The van der Waals surface area contributed by atoms with Gasteiger partial charge >= 0.3 is 5.97 Å². The fourth-order valence-electron chi connectivity index (χ4n) is 1.62. The van der Waals surface area contributed by atoms with Gasteiger partial charge in [-0.15, -0.1) is 35.3 Å². The summed E-state index contributed by atoms with van der Waals surface area (Å²) < 4.78 is 5.02. The summed E-state index contributed by atoms with van der Waals surface area (Å²) >= 11 is 1.36. The number of halogens is 1. The predicted octanol–water partition coefficient (Wildman–Crippen LogP) is 2.49. The van der Waals surface area contributed by atoms with Gasteiger partial charge in [-0.2, -0.15) is 0 Å². The van der Waals surface area contributed by atoms with Gasteiger partial charge in [-0.25, -0.2) is 9.78 Å². The highest BCUT2D eigenvalue weighted by molar-refractivity contribution is 14.0. The summed E-state index contributed by atoms with van der Waals surface area (Å²) in [5.74, 6) is 0.405. The van der Waals surface area contributed by atoms with Crippen molar-refractivity contribution in [1.29, 1.82) is 0 Å². The maximum atomic E-state index is 11.8. The molecule has 0 aliphatic heterocycles. The largest absolute Gasteiger partial charge is 0.462 e. The number of nitrogens with one attached hydrogen (secondary N) is 2. The lowest BCUT2D eigenvalue weighted by atomic mass is 10.3. The van der Waals surface area contributed by atoms with Crippen molar-refractivity contribution >= 4 is 47.2 Å². The van der Waals surface area contributed by atoms with Gasteiger partial charge in [0.05, 0.1) is 18.3 Å². The van der Waals surface area contributed by atoms with Crippen molar-refractivity contribution < 1.29 is 9.53 Å². The Morgan fingerprint density at radius 2 is 2.14 bits per heavy atom. The van der Waals surface area contributed by atoms with Crippen LogP contribution in [0.3, 0.4) is 0 Å². The summed E-state index contributed by atoms with van der Waals surface area (Å²) in [5, 5.41) is 7.19. The molecule has 0 aliphatic carbocycles. The highest BCUT2D eigenvalue weighted by Crippen LogP contribution is 2.24. The van der Waals surface area contributed by atoms with Crippen LogP contribution in [-0.4, -0.2) is 37.1 Å². The molecule has 6 nitrogen and oxygen atoms in total. The molecule has 1 heterocycles. The number of ether oxygens (including phenoxy) is 1. The molecule has 1 unspecified atom stereocenters. The molecule has 0 aliphatic rings. The molecule has 1 atom stereocenters. The van der Waals surface area contributed by atoms with Crippen molar-refractivity contribution in [3.63, 3.8) is 0 Å². The number of rotatable bonds is 5. The summed E-state index contributed by atoms with van der Waals surface area (Å²) in [6.07, 6.45) is 0. The van der Waals surface area contributed by atoms with Gasteiger partial charge in [0.1, 0.15) is 9.88 Å². The van der Waals surface area contributed by atoms with Crippen molar-refractivity contribution in [2.24, 2.45) is 4.99 Å². The Hall–Kier alpha value is -0.900. The first-order chi connectivity index (χ1) is 9.53. The average molecular weight is 426 g/mol. The number of guanidine groups is 1. The van der Waals surface area contributed by atoms with Crippen LogP contribution in [-0.2, 0) is 4.74 Å². The fraction of sp³-hybridized carbons (Fsp3) is 0.615.